The number of pyridine rings is 1. The molecule has 0 amide bonds. The second-order valence-corrected chi connectivity index (χ2v) is 7.97. The maximum atomic E-state index is 4.93. The van der Waals surface area contributed by atoms with Crippen LogP contribution in [-0.2, 0) is 13.1 Å². The van der Waals surface area contributed by atoms with Crippen LogP contribution in [0.15, 0.2) is 40.2 Å². The van der Waals surface area contributed by atoms with Gasteiger partial charge in [-0.15, -0.1) is 24.0 Å². The highest BCUT2D eigenvalue weighted by atomic mass is 127. The Balaban J connectivity index is 0.00000272. The van der Waals surface area contributed by atoms with Crippen LogP contribution < -0.4 is 10.2 Å². The van der Waals surface area contributed by atoms with E-state index in [-0.39, 0.29) is 24.0 Å². The summed E-state index contributed by atoms with van der Waals surface area (Å²) in [6.07, 6.45) is 3.54. The van der Waals surface area contributed by atoms with Crippen molar-refractivity contribution in [1.29, 1.82) is 0 Å². The SMILES string of the molecule is CN=C(NCc1ccnc(N2CCN(C)CC2)c1)N1CCN(Cc2ccon2)CC1.I. The molecule has 2 saturated heterocycles. The Morgan fingerprint density at radius 1 is 1.10 bits per heavy atom. The maximum absolute atomic E-state index is 4.93. The summed E-state index contributed by atoms with van der Waals surface area (Å²) >= 11 is 0. The monoisotopic (exact) mass is 540 g/mol. The highest BCUT2D eigenvalue weighted by Gasteiger charge is 2.20. The van der Waals surface area contributed by atoms with Gasteiger partial charge in [-0.2, -0.15) is 0 Å². The van der Waals surface area contributed by atoms with Gasteiger partial charge in [0.1, 0.15) is 12.1 Å². The molecule has 0 unspecified atom stereocenters. The summed E-state index contributed by atoms with van der Waals surface area (Å²) in [5.74, 6) is 2.02. The Labute approximate surface area is 201 Å². The number of aliphatic imine (C=N–C) groups is 1. The molecule has 31 heavy (non-hydrogen) atoms. The van der Waals surface area contributed by atoms with Crippen LogP contribution in [-0.4, -0.2) is 97.3 Å². The predicted molar refractivity (Wildman–Crippen MR) is 133 cm³/mol. The molecule has 170 valence electrons. The number of hydrogen-bond acceptors (Lipinski definition) is 7. The van der Waals surface area contributed by atoms with Crippen molar-refractivity contribution in [3.8, 4) is 0 Å². The summed E-state index contributed by atoms with van der Waals surface area (Å²) < 4.78 is 4.93. The quantitative estimate of drug-likeness (QED) is 0.346. The van der Waals surface area contributed by atoms with Gasteiger partial charge >= 0.3 is 0 Å². The molecule has 4 rings (SSSR count). The highest BCUT2D eigenvalue weighted by Crippen LogP contribution is 2.15. The molecule has 10 heteroatoms. The number of hydrogen-bond donors (Lipinski definition) is 1. The lowest BCUT2D eigenvalue weighted by molar-refractivity contribution is 0.169. The van der Waals surface area contributed by atoms with Crippen molar-refractivity contribution in [2.45, 2.75) is 13.1 Å². The second-order valence-electron chi connectivity index (χ2n) is 7.97. The smallest absolute Gasteiger partial charge is 0.194 e. The molecule has 0 bridgehead atoms. The molecule has 0 saturated carbocycles. The molecule has 2 aliphatic heterocycles. The van der Waals surface area contributed by atoms with E-state index in [4.69, 9.17) is 4.52 Å². The Bertz CT molecular complexity index is 815. The van der Waals surface area contributed by atoms with Crippen molar-refractivity contribution in [1.82, 2.24) is 30.2 Å². The number of likely N-dealkylation sites (N-methyl/N-ethyl adjacent to an activating group) is 1. The Hall–Kier alpha value is -1.92. The molecule has 4 heterocycles. The van der Waals surface area contributed by atoms with Gasteiger partial charge < -0.3 is 24.5 Å². The van der Waals surface area contributed by atoms with Crippen LogP contribution in [0.3, 0.4) is 0 Å². The average molecular weight is 540 g/mol. The van der Waals surface area contributed by atoms with Crippen molar-refractivity contribution in [3.63, 3.8) is 0 Å². The van der Waals surface area contributed by atoms with Crippen molar-refractivity contribution in [2.75, 3.05) is 71.4 Å². The van der Waals surface area contributed by atoms with E-state index < -0.39 is 0 Å². The number of piperazine rings is 2. The van der Waals surface area contributed by atoms with Crippen LogP contribution in [0, 0.1) is 0 Å². The molecule has 2 aromatic heterocycles. The molecule has 0 atom stereocenters. The fourth-order valence-corrected chi connectivity index (χ4v) is 3.96. The molecule has 2 aromatic rings. The fourth-order valence-electron chi connectivity index (χ4n) is 3.96. The van der Waals surface area contributed by atoms with Gasteiger partial charge in [0.05, 0.1) is 5.69 Å². The van der Waals surface area contributed by atoms with Crippen molar-refractivity contribution in [3.05, 3.63) is 41.9 Å². The Kier molecular flexibility index (Phi) is 8.90. The number of anilines is 1. The molecule has 2 fully saturated rings. The van der Waals surface area contributed by atoms with E-state index in [0.717, 1.165) is 82.9 Å². The minimum Gasteiger partial charge on any atom is -0.364 e. The number of nitrogens with zero attached hydrogens (tertiary/aromatic N) is 7. The van der Waals surface area contributed by atoms with Crippen LogP contribution in [0.25, 0.3) is 0 Å². The van der Waals surface area contributed by atoms with E-state index in [1.54, 1.807) is 6.26 Å². The molecule has 0 aromatic carbocycles. The third-order valence-electron chi connectivity index (χ3n) is 5.85. The van der Waals surface area contributed by atoms with Gasteiger partial charge in [0.25, 0.3) is 0 Å². The minimum atomic E-state index is 0. The maximum Gasteiger partial charge on any atom is 0.194 e. The first-order valence-corrected chi connectivity index (χ1v) is 10.7. The van der Waals surface area contributed by atoms with E-state index in [1.807, 2.05) is 19.3 Å². The van der Waals surface area contributed by atoms with Gasteiger partial charge in [-0.25, -0.2) is 4.98 Å². The fraction of sp³-hybridized carbons (Fsp3) is 0.571. The summed E-state index contributed by atoms with van der Waals surface area (Å²) in [5.41, 5.74) is 2.21. The van der Waals surface area contributed by atoms with Gasteiger partial charge in [0.2, 0.25) is 0 Å². The van der Waals surface area contributed by atoms with E-state index in [1.165, 1.54) is 5.56 Å². The molecule has 0 spiro atoms. The standard InChI is InChI=1S/C21H32N8O.HI/c1-22-21(29-12-8-27(9-13-29)17-19-4-14-30-25-19)24-16-18-3-5-23-20(15-18)28-10-6-26(2)7-11-28;/h3-5,14-15H,6-13,16-17H2,1-2H3,(H,22,24);1H. The van der Waals surface area contributed by atoms with E-state index in [9.17, 15) is 0 Å². The van der Waals surface area contributed by atoms with Gasteiger partial charge in [-0.3, -0.25) is 9.89 Å². The van der Waals surface area contributed by atoms with Crippen molar-refractivity contribution in [2.24, 2.45) is 4.99 Å². The first-order valence-electron chi connectivity index (χ1n) is 10.7. The molecule has 2 aliphatic rings. The molecule has 0 radical (unpaired) electrons. The van der Waals surface area contributed by atoms with Crippen LogP contribution in [0.1, 0.15) is 11.3 Å². The topological polar surface area (TPSA) is 76.3 Å². The zero-order valence-corrected chi connectivity index (χ0v) is 20.7. The summed E-state index contributed by atoms with van der Waals surface area (Å²) in [5, 5.41) is 7.54. The first kappa shape index (κ1) is 23.7. The minimum absolute atomic E-state index is 0. The van der Waals surface area contributed by atoms with E-state index in [0.29, 0.717) is 0 Å². The van der Waals surface area contributed by atoms with Gasteiger partial charge in [-0.1, -0.05) is 5.16 Å². The lowest BCUT2D eigenvalue weighted by atomic mass is 10.2. The first-order chi connectivity index (χ1) is 14.7. The van der Waals surface area contributed by atoms with Crippen LogP contribution >= 0.6 is 24.0 Å². The second kappa shape index (κ2) is 11.6. The summed E-state index contributed by atoms with van der Waals surface area (Å²) in [7, 11) is 4.03. The Morgan fingerprint density at radius 2 is 1.87 bits per heavy atom. The van der Waals surface area contributed by atoms with Crippen LogP contribution in [0.5, 0.6) is 0 Å². The number of aromatic nitrogens is 2. The lowest BCUT2D eigenvalue weighted by Crippen LogP contribution is -2.52. The summed E-state index contributed by atoms with van der Waals surface area (Å²) in [4.78, 5) is 18.5. The van der Waals surface area contributed by atoms with E-state index in [2.05, 4.69) is 59.2 Å². The number of halogens is 1. The normalized spacial score (nSPS) is 18.7. The predicted octanol–water partition coefficient (Wildman–Crippen LogP) is 1.33. The van der Waals surface area contributed by atoms with Crippen molar-refractivity contribution < 1.29 is 4.52 Å². The largest absolute Gasteiger partial charge is 0.364 e. The molecular formula is C21H33IN8O. The van der Waals surface area contributed by atoms with Gasteiger partial charge in [0.15, 0.2) is 5.96 Å². The van der Waals surface area contributed by atoms with Crippen LogP contribution in [0.2, 0.25) is 0 Å². The van der Waals surface area contributed by atoms with Crippen molar-refractivity contribution >= 4 is 35.8 Å². The number of guanidine groups is 1. The molecular weight excluding hydrogens is 507 g/mol. The zero-order valence-electron chi connectivity index (χ0n) is 18.4. The van der Waals surface area contributed by atoms with Gasteiger partial charge in [0, 0.05) is 84.8 Å². The highest BCUT2D eigenvalue weighted by molar-refractivity contribution is 14.0. The van der Waals surface area contributed by atoms with Gasteiger partial charge in [-0.05, 0) is 24.7 Å². The Morgan fingerprint density at radius 3 is 2.55 bits per heavy atom. The summed E-state index contributed by atoms with van der Waals surface area (Å²) in [6, 6.07) is 6.20. The summed E-state index contributed by atoms with van der Waals surface area (Å²) in [6.45, 7) is 9.66. The third-order valence-corrected chi connectivity index (χ3v) is 5.85. The number of rotatable bonds is 5. The molecule has 1 N–H and O–H groups in total. The molecule has 0 aliphatic carbocycles. The van der Waals surface area contributed by atoms with E-state index >= 15 is 0 Å². The third kappa shape index (κ3) is 6.53. The van der Waals surface area contributed by atoms with Crippen LogP contribution in [0.4, 0.5) is 5.82 Å². The number of nitrogens with one attached hydrogen (secondary N) is 1. The average Bonchev–Trinajstić information content (AvgIpc) is 3.29. The molecule has 9 nitrogen and oxygen atoms in total. The zero-order chi connectivity index (χ0) is 20.8. The lowest BCUT2D eigenvalue weighted by Gasteiger charge is -2.36.